The fraction of sp³-hybridized carbons (Fsp3) is 0.941. The van der Waals surface area contributed by atoms with Gasteiger partial charge in [0.1, 0.15) is 0 Å². The molecule has 144 valence electrons. The standard InChI is InChI=1S/C17H31N3O4S/c1-2-18-6-8-19(9-7-18)13-17(21)20(12-16-4-3-10-24-16)15-5-11-25(22,23)14-15/h15-16H,2-14H2,1H3. The molecular weight excluding hydrogens is 342 g/mol. The lowest BCUT2D eigenvalue weighted by Gasteiger charge is -2.36. The van der Waals surface area contributed by atoms with E-state index in [4.69, 9.17) is 4.74 Å². The lowest BCUT2D eigenvalue weighted by atomic mass is 10.1. The van der Waals surface area contributed by atoms with Crippen LogP contribution in [0.5, 0.6) is 0 Å². The third-order valence-corrected chi connectivity index (χ3v) is 7.42. The van der Waals surface area contributed by atoms with E-state index in [1.165, 1.54) is 0 Å². The van der Waals surface area contributed by atoms with Gasteiger partial charge >= 0.3 is 0 Å². The Morgan fingerprint density at radius 3 is 2.44 bits per heavy atom. The highest BCUT2D eigenvalue weighted by molar-refractivity contribution is 7.91. The van der Waals surface area contributed by atoms with E-state index in [9.17, 15) is 13.2 Å². The minimum absolute atomic E-state index is 0.0579. The van der Waals surface area contributed by atoms with Crippen molar-refractivity contribution < 1.29 is 17.9 Å². The average molecular weight is 374 g/mol. The molecule has 1 amide bonds. The van der Waals surface area contributed by atoms with Crippen molar-refractivity contribution in [2.24, 2.45) is 0 Å². The van der Waals surface area contributed by atoms with E-state index in [0.29, 0.717) is 19.5 Å². The molecule has 0 bridgehead atoms. The lowest BCUT2D eigenvalue weighted by Crippen LogP contribution is -2.53. The molecule has 3 saturated heterocycles. The van der Waals surface area contributed by atoms with Gasteiger partial charge in [0, 0.05) is 45.4 Å². The molecule has 0 aromatic rings. The largest absolute Gasteiger partial charge is 0.376 e. The van der Waals surface area contributed by atoms with E-state index in [2.05, 4.69) is 16.7 Å². The molecule has 3 rings (SSSR count). The van der Waals surface area contributed by atoms with Crippen molar-refractivity contribution in [1.29, 1.82) is 0 Å². The van der Waals surface area contributed by atoms with Gasteiger partial charge in [-0.2, -0.15) is 0 Å². The normalized spacial score (nSPS) is 30.6. The predicted octanol–water partition coefficient (Wildman–Crippen LogP) is -0.181. The van der Waals surface area contributed by atoms with E-state index >= 15 is 0 Å². The molecule has 0 aliphatic carbocycles. The number of sulfone groups is 1. The SMILES string of the molecule is CCN1CCN(CC(=O)N(CC2CCCO2)C2CCS(=O)(=O)C2)CC1. The highest BCUT2D eigenvalue weighted by Crippen LogP contribution is 2.22. The van der Waals surface area contributed by atoms with Crippen LogP contribution in [-0.4, -0.2) is 105 Å². The third-order valence-electron chi connectivity index (χ3n) is 5.66. The molecule has 3 aliphatic rings. The maximum atomic E-state index is 13.0. The molecule has 2 unspecified atom stereocenters. The summed E-state index contributed by atoms with van der Waals surface area (Å²) in [6.45, 7) is 8.66. The lowest BCUT2D eigenvalue weighted by molar-refractivity contribution is -0.136. The zero-order valence-corrected chi connectivity index (χ0v) is 16.0. The first kappa shape index (κ1) is 19.1. The zero-order chi connectivity index (χ0) is 17.9. The van der Waals surface area contributed by atoms with E-state index in [0.717, 1.165) is 52.2 Å². The van der Waals surface area contributed by atoms with Crippen LogP contribution in [0.1, 0.15) is 26.2 Å². The smallest absolute Gasteiger partial charge is 0.237 e. The van der Waals surface area contributed by atoms with Crippen molar-refractivity contribution in [2.45, 2.75) is 38.3 Å². The van der Waals surface area contributed by atoms with Crippen molar-refractivity contribution in [2.75, 3.05) is 63.9 Å². The van der Waals surface area contributed by atoms with Crippen molar-refractivity contribution in [1.82, 2.24) is 14.7 Å². The Bertz CT molecular complexity index is 554. The molecule has 2 atom stereocenters. The predicted molar refractivity (Wildman–Crippen MR) is 96.3 cm³/mol. The first-order valence-corrected chi connectivity index (χ1v) is 11.3. The summed E-state index contributed by atoms with van der Waals surface area (Å²) in [7, 11) is -3.01. The zero-order valence-electron chi connectivity index (χ0n) is 15.2. The fourth-order valence-corrected chi connectivity index (χ4v) is 5.76. The van der Waals surface area contributed by atoms with Gasteiger partial charge in [0.2, 0.25) is 5.91 Å². The van der Waals surface area contributed by atoms with E-state index in [1.54, 1.807) is 0 Å². The number of nitrogens with zero attached hydrogens (tertiary/aromatic N) is 3. The minimum Gasteiger partial charge on any atom is -0.376 e. The van der Waals surface area contributed by atoms with Gasteiger partial charge in [0.05, 0.1) is 24.2 Å². The fourth-order valence-electron chi connectivity index (χ4n) is 4.03. The molecule has 0 aromatic heterocycles. The quantitative estimate of drug-likeness (QED) is 0.643. The van der Waals surface area contributed by atoms with E-state index in [1.807, 2.05) is 4.90 Å². The molecule has 0 aromatic carbocycles. The van der Waals surface area contributed by atoms with Gasteiger partial charge in [-0.1, -0.05) is 6.92 Å². The van der Waals surface area contributed by atoms with Gasteiger partial charge in [-0.05, 0) is 25.8 Å². The Hall–Kier alpha value is -0.700. The van der Waals surface area contributed by atoms with Crippen molar-refractivity contribution in [3.8, 4) is 0 Å². The Kier molecular flexibility index (Phi) is 6.35. The monoisotopic (exact) mass is 373 g/mol. The van der Waals surface area contributed by atoms with Crippen molar-refractivity contribution in [3.05, 3.63) is 0 Å². The van der Waals surface area contributed by atoms with E-state index in [-0.39, 0.29) is 29.6 Å². The van der Waals surface area contributed by atoms with Crippen LogP contribution in [-0.2, 0) is 19.4 Å². The summed E-state index contributed by atoms with van der Waals surface area (Å²) in [6, 6.07) is -0.182. The molecule has 3 fully saturated rings. The number of hydrogen-bond acceptors (Lipinski definition) is 6. The Balaban J connectivity index is 1.60. The molecule has 8 heteroatoms. The molecule has 0 N–H and O–H groups in total. The van der Waals surface area contributed by atoms with Crippen LogP contribution in [0.4, 0.5) is 0 Å². The van der Waals surface area contributed by atoms with Gasteiger partial charge in [0.15, 0.2) is 9.84 Å². The summed E-state index contributed by atoms with van der Waals surface area (Å²) in [5.74, 6) is 0.361. The van der Waals surface area contributed by atoms with Crippen LogP contribution in [0.25, 0.3) is 0 Å². The van der Waals surface area contributed by atoms with Crippen LogP contribution >= 0.6 is 0 Å². The second-order valence-electron chi connectivity index (χ2n) is 7.45. The molecule has 3 aliphatic heterocycles. The number of carbonyl (C=O) groups is 1. The van der Waals surface area contributed by atoms with Crippen LogP contribution in [0.2, 0.25) is 0 Å². The number of likely N-dealkylation sites (N-methyl/N-ethyl adjacent to an activating group) is 1. The molecule has 7 nitrogen and oxygen atoms in total. The third kappa shape index (κ3) is 5.15. The number of rotatable bonds is 6. The summed E-state index contributed by atoms with van der Waals surface area (Å²) in [5.41, 5.74) is 0. The summed E-state index contributed by atoms with van der Waals surface area (Å²) in [6.07, 6.45) is 2.60. The summed E-state index contributed by atoms with van der Waals surface area (Å²) in [5, 5.41) is 0. The summed E-state index contributed by atoms with van der Waals surface area (Å²) >= 11 is 0. The van der Waals surface area contributed by atoms with Gasteiger partial charge in [-0.3, -0.25) is 9.69 Å². The second-order valence-corrected chi connectivity index (χ2v) is 9.68. The first-order chi connectivity index (χ1) is 12.0. The van der Waals surface area contributed by atoms with Crippen molar-refractivity contribution >= 4 is 15.7 Å². The molecule has 0 saturated carbocycles. The van der Waals surface area contributed by atoms with Crippen LogP contribution < -0.4 is 0 Å². The topological polar surface area (TPSA) is 70.2 Å². The number of hydrogen-bond donors (Lipinski definition) is 0. The Labute approximate surface area is 151 Å². The highest BCUT2D eigenvalue weighted by Gasteiger charge is 2.36. The first-order valence-electron chi connectivity index (χ1n) is 9.53. The number of amides is 1. The van der Waals surface area contributed by atoms with Gasteiger partial charge in [0.25, 0.3) is 0 Å². The molecule has 3 heterocycles. The molecule has 0 radical (unpaired) electrons. The molecular formula is C17H31N3O4S. The number of carbonyl (C=O) groups excluding carboxylic acids is 1. The number of piperazine rings is 1. The van der Waals surface area contributed by atoms with Crippen LogP contribution in [0, 0.1) is 0 Å². The molecule has 25 heavy (non-hydrogen) atoms. The van der Waals surface area contributed by atoms with Crippen molar-refractivity contribution in [3.63, 3.8) is 0 Å². The maximum absolute atomic E-state index is 13.0. The Morgan fingerprint density at radius 2 is 1.88 bits per heavy atom. The maximum Gasteiger partial charge on any atom is 0.237 e. The molecule has 0 spiro atoms. The van der Waals surface area contributed by atoms with Gasteiger partial charge < -0.3 is 14.5 Å². The van der Waals surface area contributed by atoms with Crippen LogP contribution in [0.3, 0.4) is 0 Å². The average Bonchev–Trinajstić information content (AvgIpc) is 3.22. The second kappa shape index (κ2) is 8.33. The minimum atomic E-state index is -3.01. The summed E-state index contributed by atoms with van der Waals surface area (Å²) < 4.78 is 29.5. The summed E-state index contributed by atoms with van der Waals surface area (Å²) in [4.78, 5) is 19.4. The highest BCUT2D eigenvalue weighted by atomic mass is 32.2. The Morgan fingerprint density at radius 1 is 1.16 bits per heavy atom. The van der Waals surface area contributed by atoms with Crippen LogP contribution in [0.15, 0.2) is 0 Å². The number of ether oxygens (including phenoxy) is 1. The van der Waals surface area contributed by atoms with Gasteiger partial charge in [-0.15, -0.1) is 0 Å². The van der Waals surface area contributed by atoms with Gasteiger partial charge in [-0.25, -0.2) is 8.42 Å². The van der Waals surface area contributed by atoms with E-state index < -0.39 is 9.84 Å².